The van der Waals surface area contributed by atoms with Crippen molar-refractivity contribution >= 4 is 12.0 Å². The number of aliphatic hydroxyl groups excluding tert-OH is 1. The Morgan fingerprint density at radius 2 is 1.35 bits per heavy atom. The van der Waals surface area contributed by atoms with Gasteiger partial charge in [-0.1, -0.05) is 27.7 Å². The number of carbonyl (C=O) groups excluding carboxylic acids is 2. The number of rotatable bonds is 13. The van der Waals surface area contributed by atoms with E-state index < -0.39 is 24.0 Å². The second-order valence-corrected chi connectivity index (χ2v) is 16.4. The van der Waals surface area contributed by atoms with E-state index in [9.17, 15) is 14.7 Å². The highest BCUT2D eigenvalue weighted by atomic mass is 16.6. The molecule has 0 saturated carbocycles. The Labute approximate surface area is 324 Å². The Hall–Kier alpha value is -4.72. The van der Waals surface area contributed by atoms with Crippen molar-refractivity contribution in [1.29, 1.82) is 0 Å². The van der Waals surface area contributed by atoms with Crippen molar-refractivity contribution in [3.63, 3.8) is 0 Å². The number of alkyl carbamates (subject to hydrolysis) is 1. The van der Waals surface area contributed by atoms with Crippen LogP contribution < -0.4 is 15.4 Å². The minimum Gasteiger partial charge on any atom is -0.457 e. The lowest BCUT2D eigenvalue weighted by molar-refractivity contribution is -0.135. The number of likely N-dealkylation sites (tertiary alicyclic amines) is 2. The molecule has 5 N–H and O–H groups in total. The number of carbonyl (C=O) groups is 2. The van der Waals surface area contributed by atoms with Gasteiger partial charge in [0.25, 0.3) is 0 Å². The summed E-state index contributed by atoms with van der Waals surface area (Å²) in [6, 6.07) is 14.8. The maximum Gasteiger partial charge on any atom is 0.408 e. The third-order valence-corrected chi connectivity index (χ3v) is 10.5. The first-order chi connectivity index (χ1) is 26.2. The van der Waals surface area contributed by atoms with Crippen LogP contribution in [0.1, 0.15) is 97.9 Å². The largest absolute Gasteiger partial charge is 0.457 e. The summed E-state index contributed by atoms with van der Waals surface area (Å²) in [6.07, 6.45) is 6.05. The van der Waals surface area contributed by atoms with Crippen molar-refractivity contribution in [3.05, 3.63) is 72.6 Å². The first kappa shape index (κ1) is 40.0. The molecule has 13 nitrogen and oxygen atoms in total. The summed E-state index contributed by atoms with van der Waals surface area (Å²) in [6.45, 7) is 14.9. The summed E-state index contributed by atoms with van der Waals surface area (Å²) in [5.74, 6) is 3.05. The molecule has 4 heterocycles. The molecule has 5 atom stereocenters. The van der Waals surface area contributed by atoms with Crippen LogP contribution in [0.2, 0.25) is 0 Å². The molecule has 296 valence electrons. The summed E-state index contributed by atoms with van der Waals surface area (Å²) in [4.78, 5) is 46.6. The van der Waals surface area contributed by atoms with Crippen LogP contribution in [-0.2, 0) is 9.53 Å². The lowest BCUT2D eigenvalue weighted by Gasteiger charge is -2.35. The Balaban J connectivity index is 1.06. The lowest BCUT2D eigenvalue weighted by Crippen LogP contribution is -2.52. The molecule has 13 heteroatoms. The van der Waals surface area contributed by atoms with E-state index in [0.717, 1.165) is 66.4 Å². The molecule has 0 bridgehead atoms. The molecule has 4 aromatic rings. The Kier molecular flexibility index (Phi) is 12.3. The maximum atomic E-state index is 13.7. The highest BCUT2D eigenvalue weighted by molar-refractivity contribution is 5.86. The van der Waals surface area contributed by atoms with E-state index in [-0.39, 0.29) is 30.0 Å². The lowest BCUT2D eigenvalue weighted by atomic mass is 10.0. The van der Waals surface area contributed by atoms with Gasteiger partial charge < -0.3 is 40.1 Å². The highest BCUT2D eigenvalue weighted by Crippen LogP contribution is 2.36. The van der Waals surface area contributed by atoms with Crippen LogP contribution in [0.3, 0.4) is 0 Å². The molecule has 0 spiro atoms. The van der Waals surface area contributed by atoms with Crippen molar-refractivity contribution in [1.82, 2.24) is 40.4 Å². The fraction of sp³-hybridized carbons (Fsp3) is 0.524. The molecular formula is C42H58N8O5. The zero-order valence-electron chi connectivity index (χ0n) is 33.4. The zero-order valence-corrected chi connectivity index (χ0v) is 33.4. The van der Waals surface area contributed by atoms with Gasteiger partial charge in [0.1, 0.15) is 41.0 Å². The van der Waals surface area contributed by atoms with Gasteiger partial charge in [0.2, 0.25) is 5.91 Å². The van der Waals surface area contributed by atoms with Gasteiger partial charge >= 0.3 is 6.09 Å². The normalized spacial score (nSPS) is 19.5. The van der Waals surface area contributed by atoms with Crippen LogP contribution in [0, 0.1) is 11.8 Å². The second kappa shape index (κ2) is 17.0. The number of benzene rings is 2. The van der Waals surface area contributed by atoms with Gasteiger partial charge in [-0.15, -0.1) is 0 Å². The van der Waals surface area contributed by atoms with Gasteiger partial charge in [0.05, 0.1) is 35.9 Å². The fourth-order valence-electron chi connectivity index (χ4n) is 7.72. The number of ether oxygens (including phenoxy) is 2. The Bertz CT molecular complexity index is 1880. The topological polar surface area (TPSA) is 161 Å². The molecule has 2 saturated heterocycles. The van der Waals surface area contributed by atoms with Gasteiger partial charge in [0.15, 0.2) is 0 Å². The predicted octanol–water partition coefficient (Wildman–Crippen LogP) is 7.17. The van der Waals surface area contributed by atoms with E-state index in [1.807, 2.05) is 80.5 Å². The molecule has 5 unspecified atom stereocenters. The van der Waals surface area contributed by atoms with Gasteiger partial charge in [-0.25, -0.2) is 14.8 Å². The third-order valence-electron chi connectivity index (χ3n) is 10.5. The van der Waals surface area contributed by atoms with Gasteiger partial charge in [-0.05, 0) is 125 Å². The summed E-state index contributed by atoms with van der Waals surface area (Å²) < 4.78 is 11.6. The molecule has 0 radical (unpaired) electrons. The Morgan fingerprint density at radius 1 is 0.818 bits per heavy atom. The van der Waals surface area contributed by atoms with Crippen LogP contribution >= 0.6 is 0 Å². The Morgan fingerprint density at radius 3 is 1.85 bits per heavy atom. The first-order valence-electron chi connectivity index (χ1n) is 19.6. The van der Waals surface area contributed by atoms with Gasteiger partial charge in [-0.3, -0.25) is 9.69 Å². The van der Waals surface area contributed by atoms with Gasteiger partial charge in [-0.2, -0.15) is 0 Å². The maximum absolute atomic E-state index is 13.7. The van der Waals surface area contributed by atoms with E-state index >= 15 is 0 Å². The average molecular weight is 755 g/mol. The summed E-state index contributed by atoms with van der Waals surface area (Å²) in [5, 5.41) is 17.3. The smallest absolute Gasteiger partial charge is 0.408 e. The summed E-state index contributed by atoms with van der Waals surface area (Å²) in [5.41, 5.74) is 3.04. The molecule has 2 aliphatic heterocycles. The van der Waals surface area contributed by atoms with Gasteiger partial charge in [0, 0.05) is 19.1 Å². The second-order valence-electron chi connectivity index (χ2n) is 16.4. The van der Waals surface area contributed by atoms with Crippen molar-refractivity contribution in [2.45, 2.75) is 110 Å². The average Bonchev–Trinajstić information content (AvgIpc) is 3.97. The van der Waals surface area contributed by atoms with E-state index in [1.54, 1.807) is 27.0 Å². The summed E-state index contributed by atoms with van der Waals surface area (Å²) in [7, 11) is 1.90. The number of nitrogens with one attached hydrogen (secondary N) is 4. The van der Waals surface area contributed by atoms with Crippen LogP contribution in [0.4, 0.5) is 4.79 Å². The van der Waals surface area contributed by atoms with E-state index in [2.05, 4.69) is 44.3 Å². The minimum absolute atomic E-state index is 0.0232. The number of amides is 2. The number of hydrogen-bond acceptors (Lipinski definition) is 9. The molecule has 2 aromatic heterocycles. The molecule has 2 amide bonds. The van der Waals surface area contributed by atoms with E-state index in [0.29, 0.717) is 24.0 Å². The van der Waals surface area contributed by atoms with Crippen LogP contribution in [0.25, 0.3) is 22.5 Å². The zero-order chi connectivity index (χ0) is 39.4. The number of H-pyrrole nitrogens is 2. The van der Waals surface area contributed by atoms with E-state index in [1.165, 1.54) is 0 Å². The molecule has 2 aliphatic rings. The van der Waals surface area contributed by atoms with Crippen LogP contribution in [-0.4, -0.2) is 90.9 Å². The van der Waals surface area contributed by atoms with Crippen molar-refractivity contribution in [3.8, 4) is 34.0 Å². The first-order valence-corrected chi connectivity index (χ1v) is 19.6. The molecule has 55 heavy (non-hydrogen) atoms. The predicted molar refractivity (Wildman–Crippen MR) is 212 cm³/mol. The minimum atomic E-state index is -0.706. The SMILES string of the molecule is CNC(C(C)C)C(O)N1CCCC1c1ncc(-c2ccc(Oc3ccc(-c4cnc(C5CCCN5C(=O)C(NC(=O)OC(C)(C)C)C(C)C)[nH]4)cc3)cc2)[nH]1. The molecule has 0 aliphatic carbocycles. The fourth-order valence-corrected chi connectivity index (χ4v) is 7.72. The molecule has 2 aromatic carbocycles. The number of aromatic amines is 2. The summed E-state index contributed by atoms with van der Waals surface area (Å²) >= 11 is 0. The molecular weight excluding hydrogens is 697 g/mol. The number of nitrogens with zero attached hydrogens (tertiary/aromatic N) is 4. The highest BCUT2D eigenvalue weighted by Gasteiger charge is 2.39. The quantitative estimate of drug-likeness (QED) is 0.0954. The van der Waals surface area contributed by atoms with E-state index in [4.69, 9.17) is 14.5 Å². The van der Waals surface area contributed by atoms with Crippen molar-refractivity contribution < 1.29 is 24.2 Å². The number of likely N-dealkylation sites (N-methyl/N-ethyl adjacent to an activating group) is 1. The number of hydrogen-bond donors (Lipinski definition) is 5. The monoisotopic (exact) mass is 754 g/mol. The van der Waals surface area contributed by atoms with Crippen LogP contribution in [0.5, 0.6) is 11.5 Å². The van der Waals surface area contributed by atoms with Crippen molar-refractivity contribution in [2.24, 2.45) is 11.8 Å². The number of aromatic nitrogens is 4. The van der Waals surface area contributed by atoms with Crippen molar-refractivity contribution in [2.75, 3.05) is 20.1 Å². The number of imidazole rings is 2. The molecule has 6 rings (SSSR count). The van der Waals surface area contributed by atoms with Crippen LogP contribution in [0.15, 0.2) is 60.9 Å². The standard InChI is InChI=1S/C42H58N8O5/c1-25(2)35(43-8)39(51)49-21-9-11-33(49)37-44-23-31(46-37)27-13-17-29(18-14-27)54-30-19-15-28(16-20-30)32-24-45-38(47-32)34-12-10-22-50(34)40(52)36(26(3)4)48-41(53)55-42(5,6)7/h13-20,23-26,33-36,39,43,51H,9-12,21-22H2,1-8H3,(H,44,46)(H,45,47)(H,48,53). The molecule has 2 fully saturated rings. The number of aliphatic hydroxyl groups is 1. The third kappa shape index (κ3) is 9.40.